The second-order valence-corrected chi connectivity index (χ2v) is 3.76. The Morgan fingerprint density at radius 3 is 3.08 bits per heavy atom. The highest BCUT2D eigenvalue weighted by molar-refractivity contribution is 5.41. The molecule has 1 atom stereocenters. The molecule has 68 valence electrons. The van der Waals surface area contributed by atoms with Crippen molar-refractivity contribution in [2.24, 2.45) is 0 Å². The third-order valence-corrected chi connectivity index (χ3v) is 2.94. The lowest BCUT2D eigenvalue weighted by atomic mass is 9.96. The van der Waals surface area contributed by atoms with Gasteiger partial charge in [0, 0.05) is 12.5 Å². The zero-order valence-electron chi connectivity index (χ0n) is 7.55. The van der Waals surface area contributed by atoms with Crippen LogP contribution >= 0.6 is 0 Å². The van der Waals surface area contributed by atoms with Crippen molar-refractivity contribution >= 4 is 0 Å². The molecule has 2 aliphatic rings. The van der Waals surface area contributed by atoms with Crippen molar-refractivity contribution in [2.45, 2.75) is 18.9 Å². The van der Waals surface area contributed by atoms with Crippen LogP contribution in [-0.4, -0.2) is 13.2 Å². The Balaban J connectivity index is 1.95. The Labute approximate surface area is 77.9 Å². The van der Waals surface area contributed by atoms with Crippen molar-refractivity contribution in [3.8, 4) is 5.75 Å². The molecule has 1 saturated heterocycles. The SMILES string of the molecule is c1cc2c(cc1C1CCN1)CCO2. The molecule has 1 aromatic carbocycles. The highest BCUT2D eigenvalue weighted by Gasteiger charge is 2.20. The van der Waals surface area contributed by atoms with Gasteiger partial charge < -0.3 is 10.1 Å². The largest absolute Gasteiger partial charge is 0.493 e. The molecule has 1 fully saturated rings. The third kappa shape index (κ3) is 1.13. The zero-order valence-corrected chi connectivity index (χ0v) is 7.55. The number of hydrogen-bond acceptors (Lipinski definition) is 2. The van der Waals surface area contributed by atoms with Gasteiger partial charge in [-0.3, -0.25) is 0 Å². The first-order valence-electron chi connectivity index (χ1n) is 4.92. The average molecular weight is 175 g/mol. The number of benzene rings is 1. The molecule has 0 aliphatic carbocycles. The van der Waals surface area contributed by atoms with Crippen LogP contribution in [0.1, 0.15) is 23.6 Å². The molecule has 13 heavy (non-hydrogen) atoms. The fraction of sp³-hybridized carbons (Fsp3) is 0.455. The van der Waals surface area contributed by atoms with Crippen LogP contribution in [0, 0.1) is 0 Å². The Hall–Kier alpha value is -1.02. The molecule has 2 aliphatic heterocycles. The van der Waals surface area contributed by atoms with Gasteiger partial charge in [-0.25, -0.2) is 0 Å². The van der Waals surface area contributed by atoms with Crippen LogP contribution in [0.15, 0.2) is 18.2 Å². The quantitative estimate of drug-likeness (QED) is 0.700. The van der Waals surface area contributed by atoms with Crippen LogP contribution < -0.4 is 10.1 Å². The maximum Gasteiger partial charge on any atom is 0.122 e. The van der Waals surface area contributed by atoms with E-state index in [1.807, 2.05) is 0 Å². The standard InChI is InChI=1S/C11H13NO/c1-2-11-9(4-6-13-11)7-8(1)10-3-5-12-10/h1-2,7,10,12H,3-6H2. The summed E-state index contributed by atoms with van der Waals surface area (Å²) in [5.74, 6) is 1.09. The van der Waals surface area contributed by atoms with E-state index < -0.39 is 0 Å². The minimum atomic E-state index is 0.603. The average Bonchev–Trinajstić information content (AvgIpc) is 2.47. The third-order valence-electron chi connectivity index (χ3n) is 2.94. The number of hydrogen-bond donors (Lipinski definition) is 1. The van der Waals surface area contributed by atoms with E-state index in [2.05, 4.69) is 23.5 Å². The molecular formula is C11H13NO. The second-order valence-electron chi connectivity index (χ2n) is 3.76. The van der Waals surface area contributed by atoms with E-state index >= 15 is 0 Å². The van der Waals surface area contributed by atoms with E-state index in [1.54, 1.807) is 0 Å². The molecule has 2 heterocycles. The van der Waals surface area contributed by atoms with E-state index in [4.69, 9.17) is 4.74 Å². The van der Waals surface area contributed by atoms with Crippen LogP contribution in [0.2, 0.25) is 0 Å². The van der Waals surface area contributed by atoms with Gasteiger partial charge in [0.1, 0.15) is 5.75 Å². The maximum absolute atomic E-state index is 5.46. The molecular weight excluding hydrogens is 162 g/mol. The minimum Gasteiger partial charge on any atom is -0.493 e. The van der Waals surface area contributed by atoms with Crippen molar-refractivity contribution < 1.29 is 4.74 Å². The molecule has 2 heteroatoms. The Kier molecular flexibility index (Phi) is 1.56. The predicted octanol–water partition coefficient (Wildman–Crippen LogP) is 1.66. The zero-order chi connectivity index (χ0) is 8.67. The predicted molar refractivity (Wildman–Crippen MR) is 51.0 cm³/mol. The van der Waals surface area contributed by atoms with Crippen molar-refractivity contribution in [3.63, 3.8) is 0 Å². The van der Waals surface area contributed by atoms with Gasteiger partial charge in [-0.1, -0.05) is 12.1 Å². The van der Waals surface area contributed by atoms with Crippen molar-refractivity contribution in [1.29, 1.82) is 0 Å². The summed E-state index contributed by atoms with van der Waals surface area (Å²) in [5.41, 5.74) is 2.81. The number of fused-ring (bicyclic) bond motifs is 1. The summed E-state index contributed by atoms with van der Waals surface area (Å²) in [5, 5.41) is 3.41. The van der Waals surface area contributed by atoms with Gasteiger partial charge >= 0.3 is 0 Å². The van der Waals surface area contributed by atoms with Gasteiger partial charge in [-0.15, -0.1) is 0 Å². The molecule has 0 saturated carbocycles. The van der Waals surface area contributed by atoms with Gasteiger partial charge in [0.15, 0.2) is 0 Å². The van der Waals surface area contributed by atoms with Gasteiger partial charge in [0.25, 0.3) is 0 Å². The molecule has 0 aromatic heterocycles. The summed E-state index contributed by atoms with van der Waals surface area (Å²) in [7, 11) is 0. The lowest BCUT2D eigenvalue weighted by molar-refractivity contribution is 0.356. The van der Waals surface area contributed by atoms with Gasteiger partial charge in [0.2, 0.25) is 0 Å². The van der Waals surface area contributed by atoms with E-state index in [-0.39, 0.29) is 0 Å². The molecule has 1 aromatic rings. The minimum absolute atomic E-state index is 0.603. The van der Waals surface area contributed by atoms with E-state index in [1.165, 1.54) is 17.5 Å². The molecule has 0 radical (unpaired) electrons. The Morgan fingerprint density at radius 1 is 1.38 bits per heavy atom. The summed E-state index contributed by atoms with van der Waals surface area (Å²) in [6.07, 6.45) is 2.36. The van der Waals surface area contributed by atoms with Crippen molar-refractivity contribution in [3.05, 3.63) is 29.3 Å². The summed E-state index contributed by atoms with van der Waals surface area (Å²) < 4.78 is 5.46. The first-order chi connectivity index (χ1) is 6.43. The molecule has 1 N–H and O–H groups in total. The fourth-order valence-electron chi connectivity index (χ4n) is 2.00. The maximum atomic E-state index is 5.46. The van der Waals surface area contributed by atoms with Crippen LogP contribution in [0.25, 0.3) is 0 Å². The first kappa shape index (κ1) is 7.39. The van der Waals surface area contributed by atoms with Gasteiger partial charge in [-0.2, -0.15) is 0 Å². The van der Waals surface area contributed by atoms with Crippen LogP contribution in [0.3, 0.4) is 0 Å². The van der Waals surface area contributed by atoms with E-state index in [0.29, 0.717) is 6.04 Å². The number of rotatable bonds is 1. The summed E-state index contributed by atoms with van der Waals surface area (Å²) in [4.78, 5) is 0. The van der Waals surface area contributed by atoms with E-state index in [9.17, 15) is 0 Å². The number of nitrogens with one attached hydrogen (secondary N) is 1. The topological polar surface area (TPSA) is 21.3 Å². The second kappa shape index (κ2) is 2.74. The lowest BCUT2D eigenvalue weighted by Gasteiger charge is -2.28. The molecule has 0 amide bonds. The summed E-state index contributed by atoms with van der Waals surface area (Å²) >= 11 is 0. The van der Waals surface area contributed by atoms with Crippen LogP contribution in [0.4, 0.5) is 0 Å². The van der Waals surface area contributed by atoms with Crippen LogP contribution in [0.5, 0.6) is 5.75 Å². The molecule has 0 bridgehead atoms. The Bertz CT molecular complexity index is 331. The molecule has 2 nitrogen and oxygen atoms in total. The van der Waals surface area contributed by atoms with Gasteiger partial charge in [-0.05, 0) is 30.2 Å². The molecule has 3 rings (SSSR count). The summed E-state index contributed by atoms with van der Waals surface area (Å²) in [6, 6.07) is 7.18. The first-order valence-corrected chi connectivity index (χ1v) is 4.92. The van der Waals surface area contributed by atoms with Crippen LogP contribution in [-0.2, 0) is 6.42 Å². The van der Waals surface area contributed by atoms with Crippen molar-refractivity contribution in [1.82, 2.24) is 5.32 Å². The normalized spacial score (nSPS) is 24.8. The van der Waals surface area contributed by atoms with Crippen molar-refractivity contribution in [2.75, 3.05) is 13.2 Å². The highest BCUT2D eigenvalue weighted by Crippen LogP contribution is 2.30. The van der Waals surface area contributed by atoms with E-state index in [0.717, 1.165) is 25.3 Å². The highest BCUT2D eigenvalue weighted by atomic mass is 16.5. The Morgan fingerprint density at radius 2 is 2.31 bits per heavy atom. The lowest BCUT2D eigenvalue weighted by Crippen LogP contribution is -2.34. The number of ether oxygens (including phenoxy) is 1. The monoisotopic (exact) mass is 175 g/mol. The fourth-order valence-corrected chi connectivity index (χ4v) is 2.00. The summed E-state index contributed by atoms with van der Waals surface area (Å²) in [6.45, 7) is 2.02. The molecule has 1 unspecified atom stereocenters. The molecule has 0 spiro atoms. The van der Waals surface area contributed by atoms with Gasteiger partial charge in [0.05, 0.1) is 6.61 Å². The smallest absolute Gasteiger partial charge is 0.122 e.